The van der Waals surface area contributed by atoms with E-state index in [2.05, 4.69) is 21.3 Å². The molecule has 0 spiro atoms. The van der Waals surface area contributed by atoms with Crippen molar-refractivity contribution in [3.8, 4) is 11.5 Å². The second-order valence-electron chi connectivity index (χ2n) is 26.9. The molecule has 6 aromatic rings. The Morgan fingerprint density at radius 3 is 1.65 bits per heavy atom. The summed E-state index contributed by atoms with van der Waals surface area (Å²) in [6, 6.07) is 23.8. The summed E-state index contributed by atoms with van der Waals surface area (Å²) in [5, 5.41) is 13.1. The SMILES string of the molecule is COCCN(CCN(C)C(=O)OCc1ccc(NC(=O)[C@H](CCCNC(N)=O)NC(=O)[C@@H](NC(=O)CCOCCOCCOCCOCCOCCOCCN2C(=O)C=CC2=O)C(C)C)cc1)C(=O)Oc1cc2c(c3ccccc13)[C@H](CCl)CN2C(=O)c1ccc(C(=O)N2C[C@@H](CCl)c3c2cc(OP(=O)(O)O)c2ccccc32)s1. The van der Waals surface area contributed by atoms with Crippen LogP contribution in [0.1, 0.15) is 81.0 Å². The number of halogens is 2. The second-order valence-corrected chi connectivity index (χ2v) is 29.7. The number of thiophene rings is 1. The fourth-order valence-electron chi connectivity index (χ4n) is 12.8. The van der Waals surface area contributed by atoms with Gasteiger partial charge in [0.1, 0.15) is 30.2 Å². The molecule has 4 heterocycles. The Morgan fingerprint density at radius 2 is 1.14 bits per heavy atom. The Morgan fingerprint density at radius 1 is 0.632 bits per heavy atom. The van der Waals surface area contributed by atoms with Crippen LogP contribution in [-0.4, -0.2) is 254 Å². The molecule has 0 unspecified atom stereocenters. The Hall–Kier alpha value is -9.39. The van der Waals surface area contributed by atoms with Gasteiger partial charge in [-0.2, -0.15) is 0 Å². The molecule has 1 aromatic heterocycles. The topological polar surface area (TPSA) is 411 Å². The van der Waals surface area contributed by atoms with E-state index in [4.69, 9.17) is 76.1 Å². The number of nitrogens with one attached hydrogen (secondary N) is 4. The number of amides is 11. The number of rotatable bonds is 46. The van der Waals surface area contributed by atoms with Crippen LogP contribution < -0.4 is 46.1 Å². The predicted octanol–water partition coefficient (Wildman–Crippen LogP) is 7.63. The number of benzene rings is 5. The number of alkyl halides is 2. The number of methoxy groups -OCH3 is 1. The van der Waals surface area contributed by atoms with Gasteiger partial charge in [0.05, 0.1) is 114 Å². The van der Waals surface area contributed by atoms with Crippen molar-refractivity contribution in [1.29, 1.82) is 0 Å². The molecule has 3 aliphatic rings. The van der Waals surface area contributed by atoms with E-state index in [1.54, 1.807) is 97.6 Å². The van der Waals surface area contributed by atoms with Crippen LogP contribution in [0, 0.1) is 5.92 Å². The van der Waals surface area contributed by atoms with Crippen molar-refractivity contribution in [2.24, 2.45) is 11.7 Å². The van der Waals surface area contributed by atoms with Gasteiger partial charge in [0, 0.05) is 124 Å². The molecule has 8 N–H and O–H groups in total. The number of carbonyl (C=O) groups excluding carboxylic acids is 10. The van der Waals surface area contributed by atoms with E-state index in [1.807, 2.05) is 12.1 Å². The van der Waals surface area contributed by atoms with Crippen molar-refractivity contribution >= 4 is 141 Å². The number of likely N-dealkylation sites (N-methyl/N-ethyl adjacent to an activating group) is 1. The first-order chi connectivity index (χ1) is 54.9. The molecule has 37 heteroatoms. The van der Waals surface area contributed by atoms with Gasteiger partial charge in [-0.3, -0.25) is 48.2 Å². The van der Waals surface area contributed by atoms with Crippen LogP contribution >= 0.6 is 42.4 Å². The minimum absolute atomic E-state index is 0.0122. The Bertz CT molecular complexity index is 4420. The molecule has 9 rings (SSSR count). The third-order valence-corrected chi connectivity index (χ3v) is 20.8. The lowest BCUT2D eigenvalue weighted by Crippen LogP contribution is -2.54. The highest BCUT2D eigenvalue weighted by atomic mass is 35.5. The molecular weight excluding hydrogens is 1570 g/mol. The number of phosphoric acid groups is 1. The van der Waals surface area contributed by atoms with Crippen molar-refractivity contribution in [3.05, 3.63) is 136 Å². The van der Waals surface area contributed by atoms with Gasteiger partial charge in [-0.05, 0) is 70.5 Å². The van der Waals surface area contributed by atoms with Crippen LogP contribution in [0.2, 0.25) is 0 Å². The number of anilines is 3. The van der Waals surface area contributed by atoms with Crippen molar-refractivity contribution in [1.82, 2.24) is 30.7 Å². The molecule has 33 nitrogen and oxygen atoms in total. The van der Waals surface area contributed by atoms with Gasteiger partial charge >= 0.3 is 26.0 Å². The zero-order valence-corrected chi connectivity index (χ0v) is 66.8. The number of nitrogens with two attached hydrogens (primary N) is 1. The summed E-state index contributed by atoms with van der Waals surface area (Å²) in [7, 11) is -2.05. The zero-order valence-electron chi connectivity index (χ0n) is 63.6. The number of carbonyl (C=O) groups is 10. The summed E-state index contributed by atoms with van der Waals surface area (Å²) in [6.07, 6.45) is 1.20. The molecular formula is C77H95Cl2N10O23PS. The van der Waals surface area contributed by atoms with Gasteiger partial charge < -0.3 is 93.8 Å². The van der Waals surface area contributed by atoms with E-state index in [0.29, 0.717) is 103 Å². The van der Waals surface area contributed by atoms with Gasteiger partial charge in [-0.1, -0.05) is 74.5 Å². The Balaban J connectivity index is 0.711. The molecule has 0 radical (unpaired) electrons. The molecule has 5 aromatic carbocycles. The molecule has 11 amide bonds. The van der Waals surface area contributed by atoms with Crippen molar-refractivity contribution in [3.63, 3.8) is 0 Å². The van der Waals surface area contributed by atoms with Gasteiger partial charge in [0.25, 0.3) is 23.6 Å². The third-order valence-electron chi connectivity index (χ3n) is 18.5. The van der Waals surface area contributed by atoms with E-state index >= 15 is 0 Å². The van der Waals surface area contributed by atoms with Crippen LogP contribution in [0.25, 0.3) is 21.5 Å². The van der Waals surface area contributed by atoms with E-state index in [-0.39, 0.29) is 161 Å². The largest absolute Gasteiger partial charge is 0.524 e. The fourth-order valence-corrected chi connectivity index (χ4v) is 14.6. The molecule has 616 valence electrons. The van der Waals surface area contributed by atoms with Crippen LogP contribution in [0.5, 0.6) is 11.5 Å². The maximum Gasteiger partial charge on any atom is 0.524 e. The second kappa shape index (κ2) is 43.9. The number of fused-ring (bicyclic) bond motifs is 6. The van der Waals surface area contributed by atoms with Gasteiger partial charge in [0.2, 0.25) is 17.7 Å². The number of nitrogens with zero attached hydrogens (tertiary/aromatic N) is 5. The first-order valence-electron chi connectivity index (χ1n) is 37.0. The van der Waals surface area contributed by atoms with E-state index in [0.717, 1.165) is 21.8 Å². The molecule has 3 aliphatic heterocycles. The molecule has 0 bridgehead atoms. The summed E-state index contributed by atoms with van der Waals surface area (Å²) in [4.78, 5) is 159. The maximum absolute atomic E-state index is 14.8. The van der Waals surface area contributed by atoms with E-state index in [9.17, 15) is 62.3 Å². The number of hydrogen-bond acceptors (Lipinski definition) is 22. The highest BCUT2D eigenvalue weighted by Crippen LogP contribution is 2.50. The number of ether oxygens (including phenoxy) is 9. The lowest BCUT2D eigenvalue weighted by molar-refractivity contribution is -0.137. The van der Waals surface area contributed by atoms with Crippen LogP contribution in [0.15, 0.2) is 109 Å². The molecule has 0 saturated heterocycles. The first kappa shape index (κ1) is 88.6. The lowest BCUT2D eigenvalue weighted by Gasteiger charge is -2.25. The van der Waals surface area contributed by atoms with Crippen LogP contribution in [-0.2, 0) is 73.0 Å². The number of phosphoric ester groups is 1. The standard InChI is InChI=1S/C77H95Cl2N10O23PS/c1-49(2)70(84-65(90)23-29-104-32-34-106-36-38-108-40-41-109-39-37-107-35-33-105-31-28-87-66(91)21-22-67(87)92)72(94)83-58(14-9-24-81-75(80)97)71(93)82-53-17-15-50(16-18-53)48-110-76(98)85(3)25-26-86(27-30-103-4)77(99)111-61-42-59-68(56-12-7-5-10-54(56)61)51(44-78)46-88(59)73(95)63-19-20-64(114-63)74(96)89-47-52(45-79)69-57-13-8-6-11-55(57)62(43-60(69)89)112-113(100,101)102/h5-8,10-13,15-22,42-43,49,51-52,58,70H,9,14,23-41,44-48H2,1-4H3,(H,82,93)(H,83,94)(H,84,90)(H3,80,81,97)(H2,100,101,102)/t51-,52-,58+,70+/m1/s1. The number of hydrogen-bond donors (Lipinski definition) is 7. The molecule has 0 saturated carbocycles. The first-order valence-corrected chi connectivity index (χ1v) is 40.4. The smallest absolute Gasteiger partial charge is 0.445 e. The maximum atomic E-state index is 14.8. The summed E-state index contributed by atoms with van der Waals surface area (Å²) in [5.74, 6) is -4.10. The minimum Gasteiger partial charge on any atom is -0.445 e. The average molecular weight is 1660 g/mol. The summed E-state index contributed by atoms with van der Waals surface area (Å²) in [5.41, 5.74) is 8.42. The fraction of sp³-hybridized carbons (Fsp3) is 0.455. The van der Waals surface area contributed by atoms with Gasteiger partial charge in [-0.25, -0.2) is 18.9 Å². The highest BCUT2D eigenvalue weighted by molar-refractivity contribution is 7.46. The van der Waals surface area contributed by atoms with Gasteiger partial charge in [-0.15, -0.1) is 34.5 Å². The van der Waals surface area contributed by atoms with Crippen LogP contribution in [0.4, 0.5) is 31.4 Å². The van der Waals surface area contributed by atoms with Gasteiger partial charge in [0.15, 0.2) is 0 Å². The predicted molar refractivity (Wildman–Crippen MR) is 423 cm³/mol. The summed E-state index contributed by atoms with van der Waals surface area (Å²) >= 11 is 14.1. The summed E-state index contributed by atoms with van der Waals surface area (Å²) < 4.78 is 67.4. The monoisotopic (exact) mass is 1660 g/mol. The molecule has 4 atom stereocenters. The third kappa shape index (κ3) is 25.1. The lowest BCUT2D eigenvalue weighted by atomic mass is 9.95. The quantitative estimate of drug-likeness (QED) is 0.00835. The molecule has 0 fully saturated rings. The minimum atomic E-state index is -5.02. The molecule has 0 aliphatic carbocycles. The normalized spacial score (nSPS) is 14.9. The number of primary amides is 1. The number of imide groups is 1. The van der Waals surface area contributed by atoms with Crippen molar-refractivity contribution in [2.75, 3.05) is 173 Å². The van der Waals surface area contributed by atoms with E-state index in [1.165, 1.54) is 47.1 Å². The van der Waals surface area contributed by atoms with Crippen molar-refractivity contribution < 1.29 is 109 Å². The average Bonchev–Trinajstić information content (AvgIpc) is 1.57. The van der Waals surface area contributed by atoms with Crippen molar-refractivity contribution in [2.45, 2.75) is 63.6 Å². The Labute approximate surface area is 672 Å². The summed E-state index contributed by atoms with van der Waals surface area (Å²) in [6.45, 7) is 7.40. The Kier molecular flexibility index (Phi) is 34.1. The number of urea groups is 1. The molecule has 114 heavy (non-hydrogen) atoms. The highest BCUT2D eigenvalue weighted by Gasteiger charge is 2.40. The van der Waals surface area contributed by atoms with E-state index < -0.39 is 73.6 Å². The van der Waals surface area contributed by atoms with Crippen LogP contribution in [0.3, 0.4) is 0 Å². The zero-order chi connectivity index (χ0) is 81.8.